The van der Waals surface area contributed by atoms with E-state index in [1.165, 1.54) is 12.8 Å². The molecule has 2 heteroatoms. The number of hydrogen-bond acceptors (Lipinski definition) is 2. The van der Waals surface area contributed by atoms with Crippen LogP contribution in [-0.2, 0) is 0 Å². The van der Waals surface area contributed by atoms with Crippen molar-refractivity contribution in [2.24, 2.45) is 10.8 Å². The monoisotopic (exact) mass is 210 g/mol. The minimum Gasteiger partial charge on any atom is -0.193 e. The molecule has 0 aliphatic heterocycles. The predicted octanol–water partition coefficient (Wildman–Crippen LogP) is 3.24. The van der Waals surface area contributed by atoms with E-state index in [0.29, 0.717) is 0 Å². The van der Waals surface area contributed by atoms with Gasteiger partial charge in [0.1, 0.15) is 0 Å². The summed E-state index contributed by atoms with van der Waals surface area (Å²) in [4.78, 5) is 0. The van der Waals surface area contributed by atoms with Crippen LogP contribution in [0.15, 0.2) is 23.3 Å². The van der Waals surface area contributed by atoms with Crippen LogP contribution >= 0.6 is 0 Å². The van der Waals surface area contributed by atoms with E-state index in [-0.39, 0.29) is 10.8 Å². The van der Waals surface area contributed by atoms with Crippen molar-refractivity contribution in [3.63, 3.8) is 0 Å². The zero-order valence-electron chi connectivity index (χ0n) is 9.29. The molecule has 16 heavy (non-hydrogen) atoms. The van der Waals surface area contributed by atoms with E-state index >= 15 is 0 Å². The molecular weight excluding hydrogens is 196 g/mol. The third-order valence-corrected chi connectivity index (χ3v) is 4.92. The summed E-state index contributed by atoms with van der Waals surface area (Å²) in [6.45, 7) is 0. The molecule has 0 atom stereocenters. The molecule has 0 heterocycles. The lowest BCUT2D eigenvalue weighted by Gasteiger charge is -2.46. The number of rotatable bonds is 0. The van der Waals surface area contributed by atoms with Gasteiger partial charge in [-0.25, -0.2) is 0 Å². The lowest BCUT2D eigenvalue weighted by molar-refractivity contribution is 0.0925. The largest absolute Gasteiger partial charge is 0.193 e. The van der Waals surface area contributed by atoms with E-state index < -0.39 is 0 Å². The van der Waals surface area contributed by atoms with E-state index in [9.17, 15) is 10.5 Å². The molecule has 2 nitrogen and oxygen atoms in total. The fourth-order valence-corrected chi connectivity index (χ4v) is 4.18. The van der Waals surface area contributed by atoms with Gasteiger partial charge in [-0.05, 0) is 31.1 Å². The summed E-state index contributed by atoms with van der Waals surface area (Å²) >= 11 is 0. The van der Waals surface area contributed by atoms with Crippen molar-refractivity contribution in [1.82, 2.24) is 0 Å². The lowest BCUT2D eigenvalue weighted by atomic mass is 9.55. The molecule has 80 valence electrons. The van der Waals surface area contributed by atoms with E-state index in [1.54, 1.807) is 0 Å². The molecule has 3 aliphatic rings. The third kappa shape index (κ3) is 0.828. The zero-order chi connectivity index (χ0) is 11.2. The summed E-state index contributed by atoms with van der Waals surface area (Å²) < 4.78 is 0. The molecule has 0 bridgehead atoms. The molecule has 0 saturated heterocycles. The maximum atomic E-state index is 9.30. The molecule has 1 saturated carbocycles. The smallest absolute Gasteiger partial charge is 0.0953 e. The van der Waals surface area contributed by atoms with Crippen LogP contribution in [-0.4, -0.2) is 0 Å². The molecule has 0 unspecified atom stereocenters. The fraction of sp³-hybridized carbons (Fsp3) is 0.571. The summed E-state index contributed by atoms with van der Waals surface area (Å²) in [5.74, 6) is 0. The summed E-state index contributed by atoms with van der Waals surface area (Å²) in [6, 6.07) is 4.71. The van der Waals surface area contributed by atoms with Crippen LogP contribution in [0.5, 0.6) is 0 Å². The Kier molecular flexibility index (Phi) is 1.80. The van der Waals surface area contributed by atoms with E-state index in [0.717, 1.165) is 36.8 Å². The predicted molar refractivity (Wildman–Crippen MR) is 60.0 cm³/mol. The first-order valence-corrected chi connectivity index (χ1v) is 6.01. The summed E-state index contributed by atoms with van der Waals surface area (Å²) in [5.41, 5.74) is 1.76. The third-order valence-electron chi connectivity index (χ3n) is 4.92. The molecule has 3 aliphatic carbocycles. The van der Waals surface area contributed by atoms with Gasteiger partial charge in [0.15, 0.2) is 0 Å². The first-order valence-electron chi connectivity index (χ1n) is 6.01. The van der Waals surface area contributed by atoms with Crippen LogP contribution in [0.3, 0.4) is 0 Å². The Morgan fingerprint density at radius 1 is 0.938 bits per heavy atom. The molecule has 0 aromatic carbocycles. The van der Waals surface area contributed by atoms with Gasteiger partial charge in [-0.2, -0.15) is 10.5 Å². The second kappa shape index (κ2) is 2.98. The van der Waals surface area contributed by atoms with Gasteiger partial charge in [-0.15, -0.1) is 0 Å². The van der Waals surface area contributed by atoms with Crippen LogP contribution in [0.4, 0.5) is 0 Å². The average molecular weight is 210 g/mol. The SMILES string of the molecule is N#CC1=CCC23CC=C(C#N)C12CCCC3. The zero-order valence-corrected chi connectivity index (χ0v) is 9.29. The standard InChI is InChI=1S/C14H14N2/c15-9-11-3-7-13-5-1-2-6-14(11,13)12(10-16)4-8-13/h3-4H,1-2,5-8H2. The number of nitriles is 2. The molecule has 0 aromatic heterocycles. The fourth-order valence-electron chi connectivity index (χ4n) is 4.18. The average Bonchev–Trinajstić information content (AvgIpc) is 2.81. The van der Waals surface area contributed by atoms with E-state index in [1.807, 2.05) is 0 Å². The van der Waals surface area contributed by atoms with E-state index in [2.05, 4.69) is 24.3 Å². The minimum atomic E-state index is -0.186. The Morgan fingerprint density at radius 2 is 1.50 bits per heavy atom. The Bertz CT molecular complexity index is 448. The maximum absolute atomic E-state index is 9.30. The second-order valence-electron chi connectivity index (χ2n) is 5.26. The van der Waals surface area contributed by atoms with Crippen LogP contribution in [0, 0.1) is 33.5 Å². The first kappa shape index (κ1) is 9.67. The summed E-state index contributed by atoms with van der Waals surface area (Å²) in [5, 5.41) is 18.6. The van der Waals surface area contributed by atoms with Crippen molar-refractivity contribution in [2.75, 3.05) is 0 Å². The highest BCUT2D eigenvalue weighted by Crippen LogP contribution is 2.69. The van der Waals surface area contributed by atoms with Crippen LogP contribution in [0.2, 0.25) is 0 Å². The van der Waals surface area contributed by atoms with Crippen molar-refractivity contribution >= 4 is 0 Å². The topological polar surface area (TPSA) is 47.6 Å². The Labute approximate surface area is 95.9 Å². The van der Waals surface area contributed by atoms with Crippen molar-refractivity contribution in [2.45, 2.75) is 38.5 Å². The molecule has 0 spiro atoms. The van der Waals surface area contributed by atoms with Gasteiger partial charge in [-0.3, -0.25) is 0 Å². The lowest BCUT2D eigenvalue weighted by Crippen LogP contribution is -2.40. The van der Waals surface area contributed by atoms with Crippen LogP contribution < -0.4 is 0 Å². The van der Waals surface area contributed by atoms with Crippen molar-refractivity contribution in [3.05, 3.63) is 23.3 Å². The molecule has 3 rings (SSSR count). The van der Waals surface area contributed by atoms with Crippen molar-refractivity contribution in [3.8, 4) is 12.1 Å². The highest BCUT2D eigenvalue weighted by Gasteiger charge is 2.61. The van der Waals surface area contributed by atoms with Gasteiger partial charge in [0.2, 0.25) is 0 Å². The maximum Gasteiger partial charge on any atom is 0.0953 e. The van der Waals surface area contributed by atoms with Gasteiger partial charge in [-0.1, -0.05) is 25.0 Å². The number of allylic oxidation sites excluding steroid dienone is 4. The summed E-state index contributed by atoms with van der Waals surface area (Å²) in [7, 11) is 0. The van der Waals surface area contributed by atoms with Gasteiger partial charge < -0.3 is 0 Å². The van der Waals surface area contributed by atoms with Crippen LogP contribution in [0.25, 0.3) is 0 Å². The van der Waals surface area contributed by atoms with Gasteiger partial charge in [0, 0.05) is 16.6 Å². The van der Waals surface area contributed by atoms with E-state index in [4.69, 9.17) is 0 Å². The molecule has 0 N–H and O–H groups in total. The van der Waals surface area contributed by atoms with Gasteiger partial charge in [0.05, 0.1) is 12.1 Å². The van der Waals surface area contributed by atoms with Crippen molar-refractivity contribution < 1.29 is 0 Å². The normalized spacial score (nSPS) is 40.1. The Hall–Kier alpha value is -1.54. The minimum absolute atomic E-state index is 0.186. The Morgan fingerprint density at radius 3 is 2.06 bits per heavy atom. The van der Waals surface area contributed by atoms with Gasteiger partial charge >= 0.3 is 0 Å². The molecule has 0 aromatic rings. The van der Waals surface area contributed by atoms with Gasteiger partial charge in [0.25, 0.3) is 0 Å². The summed E-state index contributed by atoms with van der Waals surface area (Å²) in [6.07, 6.45) is 10.8. The number of nitrogens with zero attached hydrogens (tertiary/aromatic N) is 2. The highest BCUT2D eigenvalue weighted by molar-refractivity contribution is 5.54. The van der Waals surface area contributed by atoms with Crippen molar-refractivity contribution in [1.29, 1.82) is 10.5 Å². The molecule has 1 fully saturated rings. The molecule has 0 radical (unpaired) electrons. The first-order chi connectivity index (χ1) is 7.79. The molecular formula is C14H14N2. The van der Waals surface area contributed by atoms with Crippen LogP contribution in [0.1, 0.15) is 38.5 Å². The Balaban J connectivity index is 2.19. The number of hydrogen-bond donors (Lipinski definition) is 0. The second-order valence-corrected chi connectivity index (χ2v) is 5.26. The highest BCUT2D eigenvalue weighted by atomic mass is 14.6. The quantitative estimate of drug-likeness (QED) is 0.616. The molecule has 0 amide bonds.